The summed E-state index contributed by atoms with van der Waals surface area (Å²) < 4.78 is 6.77. The molecule has 1 aliphatic heterocycles. The van der Waals surface area contributed by atoms with Crippen LogP contribution >= 0.6 is 15.9 Å². The third-order valence-corrected chi connectivity index (χ3v) is 5.53. The fourth-order valence-corrected chi connectivity index (χ4v) is 3.93. The molecule has 2 aromatic carbocycles. The van der Waals surface area contributed by atoms with Crippen LogP contribution in [-0.2, 0) is 4.79 Å². The Morgan fingerprint density at radius 2 is 1.89 bits per heavy atom. The van der Waals surface area contributed by atoms with E-state index in [2.05, 4.69) is 26.9 Å². The van der Waals surface area contributed by atoms with Gasteiger partial charge in [0, 0.05) is 31.9 Å². The van der Waals surface area contributed by atoms with Crippen LogP contribution in [0.5, 0.6) is 5.75 Å². The van der Waals surface area contributed by atoms with Crippen molar-refractivity contribution in [2.75, 3.05) is 31.1 Å². The molecule has 1 saturated heterocycles. The highest BCUT2D eigenvalue weighted by atomic mass is 79.9. The summed E-state index contributed by atoms with van der Waals surface area (Å²) in [5.41, 5.74) is 2.87. The zero-order valence-corrected chi connectivity index (χ0v) is 17.8. The Bertz CT molecular complexity index is 876. The van der Waals surface area contributed by atoms with Gasteiger partial charge in [0.25, 0.3) is 5.91 Å². The van der Waals surface area contributed by atoms with E-state index in [4.69, 9.17) is 10.00 Å². The van der Waals surface area contributed by atoms with E-state index in [1.807, 2.05) is 54.3 Å². The maximum Gasteiger partial charge on any atom is 0.263 e. The Kier molecular flexibility index (Phi) is 6.58. The molecule has 0 aliphatic carbocycles. The number of nitrogens with zero attached hydrogens (tertiary/aromatic N) is 3. The first kappa shape index (κ1) is 20.2. The smallest absolute Gasteiger partial charge is 0.263 e. The number of hydrogen-bond donors (Lipinski definition) is 0. The molecule has 146 valence electrons. The van der Waals surface area contributed by atoms with Crippen molar-refractivity contribution in [3.63, 3.8) is 0 Å². The number of carbonyl (C=O) groups is 1. The molecule has 1 amide bonds. The molecular formula is C22H24BrN3O2. The normalized spacial score (nSPS) is 15.5. The average molecular weight is 442 g/mol. The standard InChI is InChI=1S/C22H24BrN3O2/c1-16-4-9-21(20(23)14-16)28-17(2)22(27)26-11-3-10-25(12-13-26)19-7-5-18(15-24)6-8-19/h4-9,14,17H,3,10-13H2,1-2H3. The molecule has 0 saturated carbocycles. The Balaban J connectivity index is 1.60. The van der Waals surface area contributed by atoms with E-state index in [1.54, 1.807) is 6.92 Å². The largest absolute Gasteiger partial charge is 0.480 e. The maximum absolute atomic E-state index is 12.9. The number of carbonyl (C=O) groups excluding carboxylic acids is 1. The third-order valence-electron chi connectivity index (χ3n) is 4.91. The van der Waals surface area contributed by atoms with Crippen molar-refractivity contribution in [3.8, 4) is 11.8 Å². The van der Waals surface area contributed by atoms with Gasteiger partial charge in [-0.25, -0.2) is 0 Å². The van der Waals surface area contributed by atoms with Gasteiger partial charge in [-0.15, -0.1) is 0 Å². The van der Waals surface area contributed by atoms with Gasteiger partial charge in [0.05, 0.1) is 16.1 Å². The lowest BCUT2D eigenvalue weighted by Crippen LogP contribution is -2.42. The Morgan fingerprint density at radius 3 is 2.57 bits per heavy atom. The number of ether oxygens (including phenoxy) is 1. The Hall–Kier alpha value is -2.52. The molecule has 0 spiro atoms. The van der Waals surface area contributed by atoms with Gasteiger partial charge in [-0.05, 0) is 78.2 Å². The molecule has 3 rings (SSSR count). The predicted molar refractivity (Wildman–Crippen MR) is 114 cm³/mol. The molecule has 1 heterocycles. The van der Waals surface area contributed by atoms with Gasteiger partial charge in [0.15, 0.2) is 6.10 Å². The van der Waals surface area contributed by atoms with Crippen molar-refractivity contribution in [3.05, 3.63) is 58.1 Å². The number of halogens is 1. The summed E-state index contributed by atoms with van der Waals surface area (Å²) in [5, 5.41) is 8.95. The number of benzene rings is 2. The molecule has 2 aromatic rings. The number of anilines is 1. The minimum atomic E-state index is -0.541. The number of aryl methyl sites for hydroxylation is 1. The quantitative estimate of drug-likeness (QED) is 0.715. The molecule has 0 radical (unpaired) electrons. The molecule has 6 heteroatoms. The van der Waals surface area contributed by atoms with Crippen LogP contribution < -0.4 is 9.64 Å². The van der Waals surface area contributed by atoms with Gasteiger partial charge < -0.3 is 14.5 Å². The first-order valence-corrected chi connectivity index (χ1v) is 10.2. The molecule has 1 aliphatic rings. The van der Waals surface area contributed by atoms with Crippen molar-refractivity contribution >= 4 is 27.5 Å². The van der Waals surface area contributed by atoms with Crippen molar-refractivity contribution < 1.29 is 9.53 Å². The highest BCUT2D eigenvalue weighted by Gasteiger charge is 2.25. The van der Waals surface area contributed by atoms with Gasteiger partial charge in [0.2, 0.25) is 0 Å². The SMILES string of the molecule is Cc1ccc(OC(C)C(=O)N2CCCN(c3ccc(C#N)cc3)CC2)c(Br)c1. The summed E-state index contributed by atoms with van der Waals surface area (Å²) in [7, 11) is 0. The van der Waals surface area contributed by atoms with Crippen molar-refractivity contribution in [2.24, 2.45) is 0 Å². The lowest BCUT2D eigenvalue weighted by atomic mass is 10.2. The zero-order valence-electron chi connectivity index (χ0n) is 16.2. The monoisotopic (exact) mass is 441 g/mol. The van der Waals surface area contributed by atoms with E-state index in [9.17, 15) is 4.79 Å². The van der Waals surface area contributed by atoms with Crippen LogP contribution in [0.25, 0.3) is 0 Å². The van der Waals surface area contributed by atoms with Crippen LogP contribution in [0.4, 0.5) is 5.69 Å². The summed E-state index contributed by atoms with van der Waals surface area (Å²) in [5.74, 6) is 0.689. The number of hydrogen-bond acceptors (Lipinski definition) is 4. The second kappa shape index (κ2) is 9.11. The second-order valence-corrected chi connectivity index (χ2v) is 7.87. The summed E-state index contributed by atoms with van der Waals surface area (Å²) >= 11 is 3.50. The van der Waals surface area contributed by atoms with E-state index in [0.29, 0.717) is 24.4 Å². The van der Waals surface area contributed by atoms with Gasteiger partial charge in [-0.2, -0.15) is 5.26 Å². The van der Waals surface area contributed by atoms with Crippen LogP contribution in [-0.4, -0.2) is 43.1 Å². The van der Waals surface area contributed by atoms with Crippen molar-refractivity contribution in [1.29, 1.82) is 5.26 Å². The van der Waals surface area contributed by atoms with Crippen LogP contribution in [0.3, 0.4) is 0 Å². The fraction of sp³-hybridized carbons (Fsp3) is 0.364. The number of amides is 1. The molecule has 1 atom stereocenters. The molecule has 28 heavy (non-hydrogen) atoms. The first-order valence-electron chi connectivity index (χ1n) is 9.44. The van der Waals surface area contributed by atoms with E-state index in [1.165, 1.54) is 0 Å². The predicted octanol–water partition coefficient (Wildman–Crippen LogP) is 4.14. The first-order chi connectivity index (χ1) is 13.5. The van der Waals surface area contributed by atoms with Crippen LogP contribution in [0.2, 0.25) is 0 Å². The molecule has 0 bridgehead atoms. The van der Waals surface area contributed by atoms with Gasteiger partial charge >= 0.3 is 0 Å². The number of rotatable bonds is 4. The van der Waals surface area contributed by atoms with Crippen molar-refractivity contribution in [1.82, 2.24) is 4.90 Å². The highest BCUT2D eigenvalue weighted by molar-refractivity contribution is 9.10. The molecule has 0 aromatic heterocycles. The Labute approximate surface area is 174 Å². The Morgan fingerprint density at radius 1 is 1.14 bits per heavy atom. The molecule has 1 unspecified atom stereocenters. The minimum absolute atomic E-state index is 0.00848. The van der Waals surface area contributed by atoms with Gasteiger partial charge in [-0.3, -0.25) is 4.79 Å². The van der Waals surface area contributed by atoms with Crippen molar-refractivity contribution in [2.45, 2.75) is 26.4 Å². The molecule has 0 N–H and O–H groups in total. The summed E-state index contributed by atoms with van der Waals surface area (Å²) in [6.07, 6.45) is 0.354. The zero-order chi connectivity index (χ0) is 20.1. The number of nitriles is 1. The maximum atomic E-state index is 12.9. The fourth-order valence-electron chi connectivity index (χ4n) is 3.34. The van der Waals surface area contributed by atoms with E-state index >= 15 is 0 Å². The average Bonchev–Trinajstić information content (AvgIpc) is 2.96. The lowest BCUT2D eigenvalue weighted by molar-refractivity contribution is -0.137. The van der Waals surface area contributed by atoms with Gasteiger partial charge in [0.1, 0.15) is 5.75 Å². The van der Waals surface area contributed by atoms with E-state index in [-0.39, 0.29) is 5.91 Å². The lowest BCUT2D eigenvalue weighted by Gasteiger charge is -2.26. The van der Waals surface area contributed by atoms with E-state index < -0.39 is 6.10 Å². The van der Waals surface area contributed by atoms with E-state index in [0.717, 1.165) is 35.2 Å². The van der Waals surface area contributed by atoms with Crippen LogP contribution in [0.15, 0.2) is 46.9 Å². The topological polar surface area (TPSA) is 56.6 Å². The molecule has 1 fully saturated rings. The summed E-state index contributed by atoms with van der Waals surface area (Å²) in [6, 6.07) is 15.6. The highest BCUT2D eigenvalue weighted by Crippen LogP contribution is 2.27. The third kappa shape index (κ3) is 4.85. The minimum Gasteiger partial charge on any atom is -0.480 e. The second-order valence-electron chi connectivity index (χ2n) is 7.02. The molecule has 5 nitrogen and oxygen atoms in total. The summed E-state index contributed by atoms with van der Waals surface area (Å²) in [4.78, 5) is 17.0. The van der Waals surface area contributed by atoms with Crippen LogP contribution in [0, 0.1) is 18.3 Å². The van der Waals surface area contributed by atoms with Crippen LogP contribution in [0.1, 0.15) is 24.5 Å². The summed E-state index contributed by atoms with van der Waals surface area (Å²) in [6.45, 7) is 6.83. The van der Waals surface area contributed by atoms with Gasteiger partial charge in [-0.1, -0.05) is 6.07 Å². The molecular weight excluding hydrogens is 418 g/mol.